The molecule has 102 valence electrons. The van der Waals surface area contributed by atoms with Gasteiger partial charge in [-0.25, -0.2) is 9.59 Å². The van der Waals surface area contributed by atoms with Gasteiger partial charge in [-0.3, -0.25) is 0 Å². The lowest BCUT2D eigenvalue weighted by molar-refractivity contribution is 0.0378. The van der Waals surface area contributed by atoms with Gasteiger partial charge in [-0.15, -0.1) is 0 Å². The minimum atomic E-state index is -0.357. The number of nitrogens with one attached hydrogen (secondary N) is 2. The second-order valence-corrected chi connectivity index (χ2v) is 4.90. The van der Waals surface area contributed by atoms with Gasteiger partial charge in [0.2, 0.25) is 0 Å². The summed E-state index contributed by atoms with van der Waals surface area (Å²) >= 11 is 0. The molecule has 0 saturated heterocycles. The summed E-state index contributed by atoms with van der Waals surface area (Å²) in [5, 5.41) is 5.54. The maximum Gasteiger partial charge on any atom is 0.338 e. The predicted molar refractivity (Wildman–Crippen MR) is 72.2 cm³/mol. The number of urea groups is 1. The topological polar surface area (TPSA) is 67.4 Å². The van der Waals surface area contributed by atoms with E-state index >= 15 is 0 Å². The van der Waals surface area contributed by atoms with Crippen LogP contribution in [0.5, 0.6) is 0 Å². The van der Waals surface area contributed by atoms with Crippen LogP contribution in [-0.2, 0) is 4.74 Å². The number of ether oxygens (including phenoxy) is 1. The SMILES string of the molecule is CC(C)OC(=O)c1ccc(NC(=O)NC2CC2)cc1. The zero-order valence-corrected chi connectivity index (χ0v) is 11.1. The number of carbonyl (C=O) groups excluding carboxylic acids is 2. The van der Waals surface area contributed by atoms with Crippen LogP contribution in [0.25, 0.3) is 0 Å². The van der Waals surface area contributed by atoms with Crippen LogP contribution in [0.2, 0.25) is 0 Å². The van der Waals surface area contributed by atoms with Crippen molar-refractivity contribution in [2.75, 3.05) is 5.32 Å². The Hall–Kier alpha value is -2.04. The van der Waals surface area contributed by atoms with Crippen LogP contribution in [-0.4, -0.2) is 24.1 Å². The normalized spacial score (nSPS) is 14.1. The lowest BCUT2D eigenvalue weighted by Crippen LogP contribution is -2.30. The molecule has 0 bridgehead atoms. The van der Waals surface area contributed by atoms with E-state index in [0.29, 0.717) is 17.3 Å². The molecular formula is C14H18N2O3. The molecule has 1 aliphatic rings. The first-order valence-electron chi connectivity index (χ1n) is 6.43. The molecule has 0 atom stereocenters. The monoisotopic (exact) mass is 262 g/mol. The van der Waals surface area contributed by atoms with E-state index in [0.717, 1.165) is 12.8 Å². The van der Waals surface area contributed by atoms with E-state index in [4.69, 9.17) is 4.74 Å². The van der Waals surface area contributed by atoms with Crippen molar-refractivity contribution in [2.24, 2.45) is 0 Å². The molecule has 0 heterocycles. The van der Waals surface area contributed by atoms with Crippen molar-refractivity contribution in [3.05, 3.63) is 29.8 Å². The van der Waals surface area contributed by atoms with Crippen LogP contribution >= 0.6 is 0 Å². The molecule has 2 N–H and O–H groups in total. The highest BCUT2D eigenvalue weighted by molar-refractivity contribution is 5.92. The van der Waals surface area contributed by atoms with Gasteiger partial charge in [0, 0.05) is 11.7 Å². The molecule has 5 heteroatoms. The fraction of sp³-hybridized carbons (Fsp3) is 0.429. The standard InChI is InChI=1S/C14H18N2O3/c1-9(2)19-13(17)10-3-5-11(6-4-10)15-14(18)16-12-7-8-12/h3-6,9,12H,7-8H2,1-2H3,(H2,15,16,18). The molecule has 0 aromatic heterocycles. The highest BCUT2D eigenvalue weighted by Gasteiger charge is 2.23. The lowest BCUT2D eigenvalue weighted by atomic mass is 10.2. The molecule has 0 spiro atoms. The van der Waals surface area contributed by atoms with Gasteiger partial charge in [-0.05, 0) is 51.0 Å². The van der Waals surface area contributed by atoms with Crippen LogP contribution < -0.4 is 10.6 Å². The Labute approximate surface area is 112 Å². The van der Waals surface area contributed by atoms with Gasteiger partial charge in [0.15, 0.2) is 0 Å². The van der Waals surface area contributed by atoms with Gasteiger partial charge in [0.25, 0.3) is 0 Å². The van der Waals surface area contributed by atoms with E-state index in [-0.39, 0.29) is 18.1 Å². The van der Waals surface area contributed by atoms with E-state index < -0.39 is 0 Å². The Kier molecular flexibility index (Phi) is 4.04. The summed E-state index contributed by atoms with van der Waals surface area (Å²) in [5.41, 5.74) is 1.13. The van der Waals surface area contributed by atoms with Crippen molar-refractivity contribution in [3.8, 4) is 0 Å². The van der Waals surface area contributed by atoms with Crippen molar-refractivity contribution < 1.29 is 14.3 Å². The van der Waals surface area contributed by atoms with Gasteiger partial charge in [-0.2, -0.15) is 0 Å². The van der Waals surface area contributed by atoms with Crippen LogP contribution in [0.1, 0.15) is 37.0 Å². The Morgan fingerprint density at radius 2 is 1.84 bits per heavy atom. The fourth-order valence-electron chi connectivity index (χ4n) is 1.55. The highest BCUT2D eigenvalue weighted by Crippen LogP contribution is 2.19. The summed E-state index contributed by atoms with van der Waals surface area (Å²) in [6.45, 7) is 3.60. The summed E-state index contributed by atoms with van der Waals surface area (Å²) in [6.07, 6.45) is 1.95. The van der Waals surface area contributed by atoms with Gasteiger partial charge in [0.1, 0.15) is 0 Å². The number of benzene rings is 1. The number of amides is 2. The molecule has 1 aromatic rings. The number of esters is 1. The number of anilines is 1. The molecule has 0 aliphatic heterocycles. The van der Waals surface area contributed by atoms with Crippen LogP contribution in [0.4, 0.5) is 10.5 Å². The molecule has 2 rings (SSSR count). The lowest BCUT2D eigenvalue weighted by Gasteiger charge is -2.09. The molecule has 1 aliphatic carbocycles. The molecule has 1 saturated carbocycles. The number of carbonyl (C=O) groups is 2. The average Bonchev–Trinajstić information content (AvgIpc) is 3.12. The van der Waals surface area contributed by atoms with Gasteiger partial charge in [0.05, 0.1) is 11.7 Å². The summed E-state index contributed by atoms with van der Waals surface area (Å²) in [7, 11) is 0. The summed E-state index contributed by atoms with van der Waals surface area (Å²) in [4.78, 5) is 23.1. The van der Waals surface area contributed by atoms with E-state index in [1.807, 2.05) is 0 Å². The first kappa shape index (κ1) is 13.4. The zero-order valence-electron chi connectivity index (χ0n) is 11.1. The largest absolute Gasteiger partial charge is 0.459 e. The Morgan fingerprint density at radius 3 is 2.37 bits per heavy atom. The molecule has 1 fully saturated rings. The minimum absolute atomic E-state index is 0.144. The highest BCUT2D eigenvalue weighted by atomic mass is 16.5. The molecule has 5 nitrogen and oxygen atoms in total. The number of hydrogen-bond acceptors (Lipinski definition) is 3. The molecule has 0 radical (unpaired) electrons. The van der Waals surface area contributed by atoms with Crippen molar-refractivity contribution in [3.63, 3.8) is 0 Å². The zero-order chi connectivity index (χ0) is 13.8. The van der Waals surface area contributed by atoms with Crippen LogP contribution in [0.15, 0.2) is 24.3 Å². The Bertz CT molecular complexity index is 464. The molecule has 1 aromatic carbocycles. The van der Waals surface area contributed by atoms with Crippen LogP contribution in [0, 0.1) is 0 Å². The van der Waals surface area contributed by atoms with E-state index in [2.05, 4.69) is 10.6 Å². The smallest absolute Gasteiger partial charge is 0.338 e. The summed E-state index contributed by atoms with van der Waals surface area (Å²) < 4.78 is 5.08. The number of rotatable bonds is 4. The predicted octanol–water partition coefficient (Wildman–Crippen LogP) is 2.54. The van der Waals surface area contributed by atoms with Crippen molar-refractivity contribution in [2.45, 2.75) is 38.8 Å². The quantitative estimate of drug-likeness (QED) is 0.819. The second-order valence-electron chi connectivity index (χ2n) is 4.90. The molecule has 19 heavy (non-hydrogen) atoms. The van der Waals surface area contributed by atoms with Gasteiger partial charge < -0.3 is 15.4 Å². The Balaban J connectivity index is 1.89. The minimum Gasteiger partial charge on any atom is -0.459 e. The summed E-state index contributed by atoms with van der Waals surface area (Å²) in [5.74, 6) is -0.357. The summed E-state index contributed by atoms with van der Waals surface area (Å²) in [6, 6.07) is 6.75. The first-order chi connectivity index (χ1) is 9.04. The van der Waals surface area contributed by atoms with Gasteiger partial charge in [-0.1, -0.05) is 0 Å². The third kappa shape index (κ3) is 4.28. The third-order valence-corrected chi connectivity index (χ3v) is 2.63. The molecule has 0 unspecified atom stereocenters. The average molecular weight is 262 g/mol. The van der Waals surface area contributed by atoms with Gasteiger partial charge >= 0.3 is 12.0 Å². The van der Waals surface area contributed by atoms with E-state index in [1.165, 1.54) is 0 Å². The Morgan fingerprint density at radius 1 is 1.21 bits per heavy atom. The molecular weight excluding hydrogens is 244 g/mol. The van der Waals surface area contributed by atoms with Crippen molar-refractivity contribution in [1.29, 1.82) is 0 Å². The third-order valence-electron chi connectivity index (χ3n) is 2.63. The number of hydrogen-bond donors (Lipinski definition) is 2. The maximum absolute atomic E-state index is 11.6. The maximum atomic E-state index is 11.6. The van der Waals surface area contributed by atoms with Crippen LogP contribution in [0.3, 0.4) is 0 Å². The fourth-order valence-corrected chi connectivity index (χ4v) is 1.55. The van der Waals surface area contributed by atoms with E-state index in [1.54, 1.807) is 38.1 Å². The van der Waals surface area contributed by atoms with E-state index in [9.17, 15) is 9.59 Å². The van der Waals surface area contributed by atoms with Crippen molar-refractivity contribution in [1.82, 2.24) is 5.32 Å². The molecule has 2 amide bonds. The van der Waals surface area contributed by atoms with Crippen molar-refractivity contribution >= 4 is 17.7 Å². The first-order valence-corrected chi connectivity index (χ1v) is 6.43. The second kappa shape index (κ2) is 5.73.